The van der Waals surface area contributed by atoms with E-state index in [1.54, 1.807) is 0 Å². The van der Waals surface area contributed by atoms with E-state index in [1.807, 2.05) is 60.7 Å². The van der Waals surface area contributed by atoms with Gasteiger partial charge in [-0.25, -0.2) is 4.79 Å². The van der Waals surface area contributed by atoms with E-state index in [0.29, 0.717) is 17.0 Å². The van der Waals surface area contributed by atoms with Crippen molar-refractivity contribution in [2.75, 3.05) is 13.2 Å². The number of nitrogens with zero attached hydrogens (tertiary/aromatic N) is 1. The molecule has 0 amide bonds. The Balaban J connectivity index is 2.07. The Bertz CT molecular complexity index is 984. The van der Waals surface area contributed by atoms with Gasteiger partial charge in [-0.15, -0.1) is 0 Å². The molecule has 0 aliphatic heterocycles. The molecule has 3 rings (SSSR count). The van der Waals surface area contributed by atoms with Crippen molar-refractivity contribution in [3.8, 4) is 0 Å². The molecule has 0 aliphatic rings. The molecule has 2 aromatic carbocycles. The zero-order valence-corrected chi connectivity index (χ0v) is 15.4. The summed E-state index contributed by atoms with van der Waals surface area (Å²) in [7, 11) is 0. The van der Waals surface area contributed by atoms with Crippen LogP contribution >= 0.6 is 11.8 Å². The van der Waals surface area contributed by atoms with Crippen LogP contribution in [0.15, 0.2) is 80.2 Å². The van der Waals surface area contributed by atoms with Crippen LogP contribution in [-0.4, -0.2) is 27.9 Å². The Hall–Kier alpha value is -2.61. The van der Waals surface area contributed by atoms with Gasteiger partial charge >= 0.3 is 5.69 Å². The number of benzene rings is 2. The van der Waals surface area contributed by atoms with Crippen LogP contribution < -0.4 is 11.2 Å². The summed E-state index contributed by atoms with van der Waals surface area (Å²) >= 11 is 1.35. The molecule has 1 heterocycles. The fraction of sp³-hybridized carbons (Fsp3) is 0.200. The minimum Gasteiger partial charge on any atom is -0.394 e. The SMILES string of the molecule is O=c1[nH]c(=O)n(COCCO)c(Sc2ccccc2)c1Cc1ccccc1. The van der Waals surface area contributed by atoms with Crippen molar-refractivity contribution in [3.05, 3.63) is 92.6 Å². The second-order valence-electron chi connectivity index (χ2n) is 5.81. The number of nitrogens with one attached hydrogen (secondary N) is 1. The van der Waals surface area contributed by atoms with Crippen molar-refractivity contribution in [2.45, 2.75) is 23.1 Å². The van der Waals surface area contributed by atoms with Crippen molar-refractivity contribution in [1.29, 1.82) is 0 Å². The fourth-order valence-electron chi connectivity index (χ4n) is 2.60. The highest BCUT2D eigenvalue weighted by molar-refractivity contribution is 7.99. The molecule has 0 aliphatic carbocycles. The number of aliphatic hydroxyl groups is 1. The maximum Gasteiger partial charge on any atom is 0.331 e. The summed E-state index contributed by atoms with van der Waals surface area (Å²) in [4.78, 5) is 28.3. The van der Waals surface area contributed by atoms with Gasteiger partial charge < -0.3 is 9.84 Å². The van der Waals surface area contributed by atoms with Gasteiger partial charge in [-0.1, -0.05) is 60.3 Å². The summed E-state index contributed by atoms with van der Waals surface area (Å²) in [6, 6.07) is 19.2. The lowest BCUT2D eigenvalue weighted by Crippen LogP contribution is -2.34. The third-order valence-electron chi connectivity index (χ3n) is 3.88. The van der Waals surface area contributed by atoms with Gasteiger partial charge in [0.25, 0.3) is 5.56 Å². The van der Waals surface area contributed by atoms with Gasteiger partial charge in [0, 0.05) is 11.3 Å². The molecule has 0 saturated heterocycles. The molecule has 0 radical (unpaired) electrons. The van der Waals surface area contributed by atoms with Crippen molar-refractivity contribution in [3.63, 3.8) is 0 Å². The van der Waals surface area contributed by atoms with Crippen LogP contribution in [0.3, 0.4) is 0 Å². The average molecular weight is 384 g/mol. The van der Waals surface area contributed by atoms with Crippen LogP contribution in [0.25, 0.3) is 0 Å². The number of ether oxygens (including phenoxy) is 1. The summed E-state index contributed by atoms with van der Waals surface area (Å²) in [5.41, 5.74) is 0.538. The minimum absolute atomic E-state index is 0.0485. The molecule has 6 nitrogen and oxygen atoms in total. The predicted octanol–water partition coefficient (Wildman–Crippen LogP) is 2.25. The van der Waals surface area contributed by atoms with Gasteiger partial charge in [0.05, 0.1) is 23.8 Å². The van der Waals surface area contributed by atoms with E-state index in [2.05, 4.69) is 4.98 Å². The molecule has 0 spiro atoms. The highest BCUT2D eigenvalue weighted by atomic mass is 32.2. The molecule has 1 aromatic heterocycles. The van der Waals surface area contributed by atoms with E-state index in [0.717, 1.165) is 10.5 Å². The van der Waals surface area contributed by atoms with Crippen LogP contribution in [0.5, 0.6) is 0 Å². The van der Waals surface area contributed by atoms with E-state index >= 15 is 0 Å². The van der Waals surface area contributed by atoms with E-state index in [9.17, 15) is 9.59 Å². The second-order valence-corrected chi connectivity index (χ2v) is 6.87. The summed E-state index contributed by atoms with van der Waals surface area (Å²) in [5, 5.41) is 9.47. The van der Waals surface area contributed by atoms with Crippen LogP contribution in [0, 0.1) is 0 Å². The summed E-state index contributed by atoms with van der Waals surface area (Å²) in [5.74, 6) is 0. The Morgan fingerprint density at radius 2 is 1.67 bits per heavy atom. The zero-order valence-electron chi connectivity index (χ0n) is 14.6. The standard InChI is InChI=1S/C20H20N2O4S/c23-11-12-26-14-22-19(27-16-9-5-2-6-10-16)17(18(24)21-20(22)25)13-15-7-3-1-4-8-15/h1-10,23H,11-14H2,(H,21,24,25). The first-order chi connectivity index (χ1) is 13.2. The first-order valence-electron chi connectivity index (χ1n) is 8.50. The molecule has 2 N–H and O–H groups in total. The number of hydrogen-bond donors (Lipinski definition) is 2. The van der Waals surface area contributed by atoms with Crippen LogP contribution in [0.1, 0.15) is 11.1 Å². The zero-order chi connectivity index (χ0) is 19.1. The summed E-state index contributed by atoms with van der Waals surface area (Å²) in [6.45, 7) is -0.0850. The third kappa shape index (κ3) is 4.97. The molecule has 7 heteroatoms. The lowest BCUT2D eigenvalue weighted by molar-refractivity contribution is 0.0411. The number of aliphatic hydroxyl groups excluding tert-OH is 1. The summed E-state index contributed by atoms with van der Waals surface area (Å²) in [6.07, 6.45) is 0.394. The Morgan fingerprint density at radius 3 is 2.33 bits per heavy atom. The molecule has 140 valence electrons. The van der Waals surface area contributed by atoms with Crippen LogP contribution in [0.2, 0.25) is 0 Å². The average Bonchev–Trinajstić information content (AvgIpc) is 2.69. The minimum atomic E-state index is -0.534. The second kappa shape index (κ2) is 9.36. The number of aromatic amines is 1. The van der Waals surface area contributed by atoms with Crippen molar-refractivity contribution in [2.24, 2.45) is 0 Å². The van der Waals surface area contributed by atoms with Gasteiger partial charge in [-0.2, -0.15) is 0 Å². The van der Waals surface area contributed by atoms with E-state index in [4.69, 9.17) is 9.84 Å². The Morgan fingerprint density at radius 1 is 1.00 bits per heavy atom. The molecule has 0 bridgehead atoms. The first kappa shape index (κ1) is 19.2. The third-order valence-corrected chi connectivity index (χ3v) is 5.05. The Kier molecular flexibility index (Phi) is 6.64. The molecule has 0 atom stereocenters. The van der Waals surface area contributed by atoms with Gasteiger partial charge in [0.15, 0.2) is 0 Å². The van der Waals surface area contributed by atoms with E-state index in [1.165, 1.54) is 16.3 Å². The number of H-pyrrole nitrogens is 1. The van der Waals surface area contributed by atoms with Crippen LogP contribution in [-0.2, 0) is 17.9 Å². The van der Waals surface area contributed by atoms with Crippen molar-refractivity contribution in [1.82, 2.24) is 9.55 Å². The van der Waals surface area contributed by atoms with Crippen molar-refractivity contribution >= 4 is 11.8 Å². The lowest BCUT2D eigenvalue weighted by Gasteiger charge is -2.16. The number of aromatic nitrogens is 2. The molecular weight excluding hydrogens is 364 g/mol. The first-order valence-corrected chi connectivity index (χ1v) is 9.32. The van der Waals surface area contributed by atoms with Gasteiger partial charge in [-0.05, 0) is 17.7 Å². The Labute approximate surface area is 160 Å². The highest BCUT2D eigenvalue weighted by Gasteiger charge is 2.17. The van der Waals surface area contributed by atoms with E-state index < -0.39 is 11.2 Å². The topological polar surface area (TPSA) is 84.3 Å². The van der Waals surface area contributed by atoms with Crippen LogP contribution in [0.4, 0.5) is 0 Å². The molecule has 0 fully saturated rings. The monoisotopic (exact) mass is 384 g/mol. The molecule has 3 aromatic rings. The van der Waals surface area contributed by atoms with Crippen molar-refractivity contribution < 1.29 is 9.84 Å². The lowest BCUT2D eigenvalue weighted by atomic mass is 10.1. The van der Waals surface area contributed by atoms with Gasteiger partial charge in [-0.3, -0.25) is 14.3 Å². The number of hydrogen-bond acceptors (Lipinski definition) is 5. The largest absolute Gasteiger partial charge is 0.394 e. The van der Waals surface area contributed by atoms with Gasteiger partial charge in [0.1, 0.15) is 6.73 Å². The normalized spacial score (nSPS) is 10.9. The molecule has 27 heavy (non-hydrogen) atoms. The maximum absolute atomic E-state index is 12.6. The molecule has 0 unspecified atom stereocenters. The predicted molar refractivity (Wildman–Crippen MR) is 104 cm³/mol. The summed E-state index contributed by atoms with van der Waals surface area (Å²) < 4.78 is 6.75. The molecular formula is C20H20N2O4S. The maximum atomic E-state index is 12.6. The smallest absolute Gasteiger partial charge is 0.331 e. The highest BCUT2D eigenvalue weighted by Crippen LogP contribution is 2.29. The molecule has 0 saturated carbocycles. The van der Waals surface area contributed by atoms with E-state index in [-0.39, 0.29) is 19.9 Å². The van der Waals surface area contributed by atoms with Gasteiger partial charge in [0.2, 0.25) is 0 Å². The quantitative estimate of drug-likeness (QED) is 0.460. The fourth-order valence-corrected chi connectivity index (χ4v) is 3.65. The number of rotatable bonds is 8.